The summed E-state index contributed by atoms with van der Waals surface area (Å²) in [6.45, 7) is 2.30. The number of anilines is 2. The smallest absolute Gasteiger partial charge is 0.258 e. The van der Waals surface area contributed by atoms with E-state index < -0.39 is 29.1 Å². The summed E-state index contributed by atoms with van der Waals surface area (Å²) in [6.07, 6.45) is 1.28. The minimum Gasteiger partial charge on any atom is -0.497 e. The number of carbonyl (C=O) groups excluding carboxylic acids is 1. The van der Waals surface area contributed by atoms with Gasteiger partial charge in [0.1, 0.15) is 23.2 Å². The molecule has 11 heteroatoms. The Balaban J connectivity index is 1.55. The summed E-state index contributed by atoms with van der Waals surface area (Å²) in [5.74, 6) is -1.68. The highest BCUT2D eigenvalue weighted by Crippen LogP contribution is 2.43. The molecule has 2 aromatic rings. The summed E-state index contributed by atoms with van der Waals surface area (Å²) < 4.78 is 22.4. The third-order valence-corrected chi connectivity index (χ3v) is 6.66. The Labute approximate surface area is 195 Å². The number of amides is 1. The summed E-state index contributed by atoms with van der Waals surface area (Å²) in [4.78, 5) is 35.6. The molecule has 2 fully saturated rings. The Morgan fingerprint density at radius 2 is 1.91 bits per heavy atom. The fourth-order valence-corrected chi connectivity index (χ4v) is 4.91. The Bertz CT molecular complexity index is 1210. The third kappa shape index (κ3) is 3.65. The average Bonchev–Trinajstić information content (AvgIpc) is 3.30. The summed E-state index contributed by atoms with van der Waals surface area (Å²) >= 11 is 0. The molecule has 2 unspecified atom stereocenters. The van der Waals surface area contributed by atoms with E-state index in [2.05, 4.69) is 15.3 Å². The fourth-order valence-electron chi connectivity index (χ4n) is 4.91. The van der Waals surface area contributed by atoms with Crippen LogP contribution < -0.4 is 25.2 Å². The van der Waals surface area contributed by atoms with E-state index in [-0.39, 0.29) is 11.4 Å². The lowest BCUT2D eigenvalue weighted by atomic mass is 9.78. The molecule has 1 aromatic heterocycles. The van der Waals surface area contributed by atoms with Gasteiger partial charge in [-0.25, -0.2) is 0 Å². The number of hydrogen-bond donors (Lipinski definition) is 2. The predicted octanol–water partition coefficient (Wildman–Crippen LogP) is 1.35. The highest BCUT2D eigenvalue weighted by atomic mass is 16.7. The molecule has 2 N–H and O–H groups in total. The van der Waals surface area contributed by atoms with Crippen LogP contribution in [-0.2, 0) is 14.3 Å². The number of aromatic nitrogens is 2. The van der Waals surface area contributed by atoms with Gasteiger partial charge in [0, 0.05) is 37.4 Å². The van der Waals surface area contributed by atoms with Gasteiger partial charge in [-0.2, -0.15) is 10.2 Å². The van der Waals surface area contributed by atoms with Gasteiger partial charge in [-0.05, 0) is 18.2 Å². The van der Waals surface area contributed by atoms with Crippen LogP contribution >= 0.6 is 0 Å². The number of fused-ring (bicyclic) bond motifs is 1. The van der Waals surface area contributed by atoms with Gasteiger partial charge < -0.3 is 29.2 Å². The first-order valence-electron chi connectivity index (χ1n) is 11.1. The molecule has 3 aliphatic rings. The largest absolute Gasteiger partial charge is 0.497 e. The van der Waals surface area contributed by atoms with Crippen molar-refractivity contribution in [1.29, 1.82) is 5.26 Å². The molecule has 4 heterocycles. The second-order valence-electron chi connectivity index (χ2n) is 8.43. The molecule has 178 valence electrons. The van der Waals surface area contributed by atoms with Crippen LogP contribution in [0.5, 0.6) is 11.5 Å². The molecule has 0 saturated carbocycles. The zero-order valence-corrected chi connectivity index (χ0v) is 18.9. The number of nitrogens with one attached hydrogen (secondary N) is 2. The summed E-state index contributed by atoms with van der Waals surface area (Å²) in [5.41, 5.74) is 0.279. The van der Waals surface area contributed by atoms with Gasteiger partial charge in [0.05, 0.1) is 39.1 Å². The highest BCUT2D eigenvalue weighted by Gasteiger charge is 2.43. The Morgan fingerprint density at radius 1 is 1.18 bits per heavy atom. The molecular formula is C23H25N5O6. The van der Waals surface area contributed by atoms with Crippen LogP contribution in [0.25, 0.3) is 0 Å². The van der Waals surface area contributed by atoms with Gasteiger partial charge in [0.25, 0.3) is 5.56 Å². The molecule has 3 aliphatic heterocycles. The van der Waals surface area contributed by atoms with Crippen LogP contribution in [0, 0.1) is 17.2 Å². The van der Waals surface area contributed by atoms with E-state index in [4.69, 9.17) is 18.9 Å². The average molecular weight is 467 g/mol. The number of nitrogens with zero attached hydrogens (tertiary/aromatic N) is 3. The lowest BCUT2D eigenvalue weighted by molar-refractivity contribution is -0.169. The Morgan fingerprint density at radius 3 is 2.56 bits per heavy atom. The van der Waals surface area contributed by atoms with Crippen LogP contribution in [0.1, 0.15) is 29.9 Å². The zero-order chi connectivity index (χ0) is 23.9. The summed E-state index contributed by atoms with van der Waals surface area (Å²) in [7, 11) is 3.00. The van der Waals surface area contributed by atoms with Crippen LogP contribution in [0.2, 0.25) is 0 Å². The van der Waals surface area contributed by atoms with Gasteiger partial charge in [-0.3, -0.25) is 14.6 Å². The van der Waals surface area contributed by atoms with Crippen molar-refractivity contribution in [3.05, 3.63) is 39.7 Å². The number of carbonyl (C=O) groups is 1. The van der Waals surface area contributed by atoms with Crippen molar-refractivity contribution in [2.45, 2.75) is 24.5 Å². The SMILES string of the molecule is COc1ccc(OC)c(C2c3c(nc(N4CCC5(CC4)OCCO5)[nH]c3=O)NC(=O)C2C#N)c1. The summed E-state index contributed by atoms with van der Waals surface area (Å²) in [5, 5.41) is 12.5. The normalized spacial score (nSPS) is 23.2. The monoisotopic (exact) mass is 467 g/mol. The van der Waals surface area contributed by atoms with Crippen LogP contribution in [0.15, 0.2) is 23.0 Å². The van der Waals surface area contributed by atoms with Crippen LogP contribution in [0.4, 0.5) is 11.8 Å². The zero-order valence-electron chi connectivity index (χ0n) is 18.9. The number of aromatic amines is 1. The quantitative estimate of drug-likeness (QED) is 0.682. The molecule has 0 bridgehead atoms. The molecule has 0 aliphatic carbocycles. The molecule has 34 heavy (non-hydrogen) atoms. The molecule has 5 rings (SSSR count). The van der Waals surface area contributed by atoms with E-state index in [1.165, 1.54) is 14.2 Å². The van der Waals surface area contributed by atoms with Crippen LogP contribution in [0.3, 0.4) is 0 Å². The number of hydrogen-bond acceptors (Lipinski definition) is 9. The number of ether oxygens (including phenoxy) is 4. The molecule has 2 saturated heterocycles. The van der Waals surface area contributed by atoms with Crippen molar-refractivity contribution in [2.75, 3.05) is 50.7 Å². The highest BCUT2D eigenvalue weighted by molar-refractivity contribution is 5.98. The first-order valence-corrected chi connectivity index (χ1v) is 11.1. The van der Waals surface area contributed by atoms with Crippen molar-refractivity contribution in [3.63, 3.8) is 0 Å². The van der Waals surface area contributed by atoms with E-state index in [0.29, 0.717) is 62.2 Å². The van der Waals surface area contributed by atoms with E-state index in [1.54, 1.807) is 18.2 Å². The topological polar surface area (TPSA) is 139 Å². The maximum atomic E-state index is 13.4. The van der Waals surface area contributed by atoms with Crippen molar-refractivity contribution in [1.82, 2.24) is 9.97 Å². The molecule has 1 spiro atoms. The second kappa shape index (κ2) is 8.62. The van der Waals surface area contributed by atoms with Crippen molar-refractivity contribution in [3.8, 4) is 17.6 Å². The van der Waals surface area contributed by atoms with Crippen molar-refractivity contribution in [2.24, 2.45) is 5.92 Å². The number of piperidine rings is 1. The maximum Gasteiger partial charge on any atom is 0.258 e. The second-order valence-corrected chi connectivity index (χ2v) is 8.43. The van der Waals surface area contributed by atoms with E-state index in [9.17, 15) is 14.9 Å². The summed E-state index contributed by atoms with van der Waals surface area (Å²) in [6, 6.07) is 7.10. The molecule has 11 nitrogen and oxygen atoms in total. The number of methoxy groups -OCH3 is 2. The van der Waals surface area contributed by atoms with Gasteiger partial charge >= 0.3 is 0 Å². The number of benzene rings is 1. The first kappa shape index (κ1) is 22.2. The van der Waals surface area contributed by atoms with Crippen molar-refractivity contribution < 1.29 is 23.7 Å². The number of H-pyrrole nitrogens is 1. The first-order chi connectivity index (χ1) is 16.5. The number of nitriles is 1. The van der Waals surface area contributed by atoms with Crippen molar-refractivity contribution >= 4 is 17.7 Å². The van der Waals surface area contributed by atoms with Gasteiger partial charge in [0.2, 0.25) is 11.9 Å². The van der Waals surface area contributed by atoms with Gasteiger partial charge in [-0.15, -0.1) is 0 Å². The maximum absolute atomic E-state index is 13.4. The minimum atomic E-state index is -1.14. The van der Waals surface area contributed by atoms with Gasteiger partial charge in [-0.1, -0.05) is 0 Å². The lowest BCUT2D eigenvalue weighted by Crippen LogP contribution is -2.46. The van der Waals surface area contributed by atoms with E-state index in [1.807, 2.05) is 11.0 Å². The molecular weight excluding hydrogens is 442 g/mol. The molecule has 0 radical (unpaired) electrons. The van der Waals surface area contributed by atoms with Gasteiger partial charge in [0.15, 0.2) is 5.79 Å². The Kier molecular flexibility index (Phi) is 5.63. The lowest BCUT2D eigenvalue weighted by Gasteiger charge is -2.38. The minimum absolute atomic E-state index is 0.138. The number of rotatable bonds is 4. The standard InChI is InChI=1S/C23H25N5O6/c1-31-13-3-4-16(32-2)14(11-13)17-15(12-24)20(29)25-19-18(17)21(30)27-22(26-19)28-7-5-23(6-8-28)33-9-10-34-23/h3-4,11,15,17H,5-10H2,1-2H3,(H2,25,26,27,29,30). The van der Waals surface area contributed by atoms with E-state index >= 15 is 0 Å². The third-order valence-electron chi connectivity index (χ3n) is 6.66. The van der Waals surface area contributed by atoms with Crippen LogP contribution in [-0.4, -0.2) is 62.2 Å². The molecule has 2 atom stereocenters. The fraction of sp³-hybridized carbons (Fsp3) is 0.478. The van der Waals surface area contributed by atoms with E-state index in [0.717, 1.165) is 0 Å². The Hall–Kier alpha value is -3.62. The molecule has 1 aromatic carbocycles. The molecule has 1 amide bonds. The predicted molar refractivity (Wildman–Crippen MR) is 120 cm³/mol.